The summed E-state index contributed by atoms with van der Waals surface area (Å²) in [6.45, 7) is 1.30. The van der Waals surface area contributed by atoms with E-state index < -0.39 is 17.6 Å². The number of carbonyl (C=O) groups excluding carboxylic acids is 2. The van der Waals surface area contributed by atoms with E-state index >= 15 is 0 Å². The number of nitrogens with one attached hydrogen (secondary N) is 1. The lowest BCUT2D eigenvalue weighted by Gasteiger charge is -2.33. The smallest absolute Gasteiger partial charge is 0.416 e. The van der Waals surface area contributed by atoms with Crippen LogP contribution in [0, 0.1) is 23.9 Å². The van der Waals surface area contributed by atoms with Crippen LogP contribution in [0.3, 0.4) is 0 Å². The number of fused-ring (bicyclic) bond motifs is 1. The molecule has 1 saturated heterocycles. The van der Waals surface area contributed by atoms with Gasteiger partial charge in [0.25, 0.3) is 5.89 Å². The molecule has 1 aromatic heterocycles. The molecule has 3 aromatic carbocycles. The molecule has 1 aliphatic carbocycles. The third-order valence-electron chi connectivity index (χ3n) is 8.83. The van der Waals surface area contributed by atoms with Crippen LogP contribution in [0.2, 0.25) is 0 Å². The van der Waals surface area contributed by atoms with E-state index in [1.165, 1.54) is 24.3 Å². The SMILES string of the molecule is O=C(CCC1CCC(NC(=O)c2nc3ccc(OC4CCN(c5ccc(C(F)(F)F)cc5)CC4)cc3o2)CC1)c1c#cc(F)cc1. The molecule has 7 nitrogen and oxygen atoms in total. The Labute approximate surface area is 263 Å². The maximum absolute atomic E-state index is 13.0. The number of aromatic nitrogens is 1. The van der Waals surface area contributed by atoms with Crippen LogP contribution in [0.25, 0.3) is 11.1 Å². The molecule has 0 bridgehead atoms. The summed E-state index contributed by atoms with van der Waals surface area (Å²) in [7, 11) is 0. The number of ketones is 1. The second-order valence-corrected chi connectivity index (χ2v) is 12.0. The molecule has 0 radical (unpaired) electrons. The van der Waals surface area contributed by atoms with Crippen LogP contribution in [0.1, 0.15) is 78.0 Å². The van der Waals surface area contributed by atoms with Gasteiger partial charge in [-0.25, -0.2) is 4.98 Å². The average Bonchev–Trinajstić information content (AvgIpc) is 3.49. The van der Waals surface area contributed by atoms with Gasteiger partial charge in [0.15, 0.2) is 17.2 Å². The zero-order chi connectivity index (χ0) is 32.3. The maximum Gasteiger partial charge on any atom is 0.416 e. The first-order valence-corrected chi connectivity index (χ1v) is 15.5. The molecule has 1 saturated carbocycles. The molecule has 1 N–H and O–H groups in total. The number of anilines is 1. The number of carbonyl (C=O) groups is 2. The Bertz CT molecular complexity index is 1650. The third-order valence-corrected chi connectivity index (χ3v) is 8.83. The molecule has 46 heavy (non-hydrogen) atoms. The predicted molar refractivity (Wildman–Crippen MR) is 162 cm³/mol. The number of oxazole rings is 1. The first-order chi connectivity index (χ1) is 22.1. The van der Waals surface area contributed by atoms with Crippen LogP contribution < -0.4 is 15.0 Å². The third kappa shape index (κ3) is 7.61. The van der Waals surface area contributed by atoms with Gasteiger partial charge in [0.2, 0.25) is 0 Å². The van der Waals surface area contributed by atoms with E-state index in [0.29, 0.717) is 60.7 Å². The fraction of sp³-hybridized carbons (Fsp3) is 0.400. The lowest BCUT2D eigenvalue weighted by Crippen LogP contribution is -2.38. The molecule has 1 aliphatic heterocycles. The van der Waals surface area contributed by atoms with Crippen molar-refractivity contribution in [1.82, 2.24) is 10.3 Å². The summed E-state index contributed by atoms with van der Waals surface area (Å²) >= 11 is 0. The number of hydrogen-bond donors (Lipinski definition) is 1. The highest BCUT2D eigenvalue weighted by Gasteiger charge is 2.31. The normalized spacial score (nSPS) is 19.1. The van der Waals surface area contributed by atoms with E-state index in [9.17, 15) is 27.2 Å². The summed E-state index contributed by atoms with van der Waals surface area (Å²) in [5, 5.41) is 3.02. The molecule has 0 spiro atoms. The Balaban J connectivity index is 0.952. The average molecular weight is 636 g/mol. The van der Waals surface area contributed by atoms with Crippen molar-refractivity contribution >= 4 is 28.5 Å². The molecule has 240 valence electrons. The minimum atomic E-state index is -4.35. The van der Waals surface area contributed by atoms with Crippen molar-refractivity contribution in [3.63, 3.8) is 0 Å². The monoisotopic (exact) mass is 635 g/mol. The number of ether oxygens (including phenoxy) is 1. The lowest BCUT2D eigenvalue weighted by atomic mass is 9.82. The Kier molecular flexibility index (Phi) is 9.15. The maximum atomic E-state index is 13.0. The molecular formula is C35H33F4N3O4. The van der Waals surface area contributed by atoms with Crippen molar-refractivity contribution in [1.29, 1.82) is 0 Å². The molecule has 0 unspecified atom stereocenters. The van der Waals surface area contributed by atoms with Gasteiger partial charge in [-0.3, -0.25) is 9.59 Å². The topological polar surface area (TPSA) is 84.7 Å². The minimum absolute atomic E-state index is 0.0122. The molecule has 11 heteroatoms. The van der Waals surface area contributed by atoms with Gasteiger partial charge < -0.3 is 19.4 Å². The van der Waals surface area contributed by atoms with Crippen LogP contribution in [0.4, 0.5) is 23.2 Å². The predicted octanol–water partition coefficient (Wildman–Crippen LogP) is 7.59. The van der Waals surface area contributed by atoms with E-state index in [1.807, 2.05) is 4.90 Å². The largest absolute Gasteiger partial charge is 0.490 e. The number of alkyl halides is 3. The van der Waals surface area contributed by atoms with Crippen LogP contribution >= 0.6 is 0 Å². The summed E-state index contributed by atoms with van der Waals surface area (Å²) in [6.07, 6.45) is 1.43. The number of hydrogen-bond acceptors (Lipinski definition) is 6. The van der Waals surface area contributed by atoms with Crippen molar-refractivity contribution in [3.05, 3.63) is 89.6 Å². The first-order valence-electron chi connectivity index (χ1n) is 15.5. The van der Waals surface area contributed by atoms with E-state index in [0.717, 1.165) is 49.9 Å². The summed E-state index contributed by atoms with van der Waals surface area (Å²) in [5.74, 6) is -0.0373. The van der Waals surface area contributed by atoms with Gasteiger partial charge in [0.05, 0.1) is 11.1 Å². The zero-order valence-corrected chi connectivity index (χ0v) is 25.0. The van der Waals surface area contributed by atoms with Crippen molar-refractivity contribution < 1.29 is 36.3 Å². The van der Waals surface area contributed by atoms with Crippen molar-refractivity contribution in [2.24, 2.45) is 5.92 Å². The second-order valence-electron chi connectivity index (χ2n) is 12.0. The Morgan fingerprint density at radius 2 is 1.70 bits per heavy atom. The number of Topliss-reactive ketones (excluding diaryl/α,β-unsaturated/α-hetero) is 1. The summed E-state index contributed by atoms with van der Waals surface area (Å²) < 4.78 is 63.6. The number of benzene rings is 2. The van der Waals surface area contributed by atoms with Crippen LogP contribution in [-0.2, 0) is 6.18 Å². The summed E-state index contributed by atoms with van der Waals surface area (Å²) in [4.78, 5) is 31.7. The lowest BCUT2D eigenvalue weighted by molar-refractivity contribution is -0.137. The highest BCUT2D eigenvalue weighted by atomic mass is 19.4. The number of rotatable bonds is 9. The van der Waals surface area contributed by atoms with E-state index in [2.05, 4.69) is 22.4 Å². The molecular weight excluding hydrogens is 602 g/mol. The standard InChI is InChI=1S/C35H33F4N3O4/c36-25-8-4-23(5-9-25)31(43)16-3-22-1-10-26(11-2-22)40-33(44)34-41-30-15-14-29(21-32(30)46-34)45-28-17-19-42(20-18-28)27-12-6-24(7-13-27)35(37,38)39/h4,6-8,12-15,21-22,26,28H,1-3,10-11,16-20H2,(H,40,44). The number of amides is 1. The fourth-order valence-electron chi connectivity index (χ4n) is 6.20. The number of halogens is 4. The zero-order valence-electron chi connectivity index (χ0n) is 25.0. The highest BCUT2D eigenvalue weighted by molar-refractivity contribution is 5.95. The van der Waals surface area contributed by atoms with Gasteiger partial charge in [-0.2, -0.15) is 17.6 Å². The van der Waals surface area contributed by atoms with Crippen LogP contribution in [-0.4, -0.2) is 41.9 Å². The van der Waals surface area contributed by atoms with Gasteiger partial charge in [-0.1, -0.05) is 6.07 Å². The fourth-order valence-corrected chi connectivity index (χ4v) is 6.20. The molecule has 2 aliphatic rings. The minimum Gasteiger partial charge on any atom is -0.490 e. The van der Waals surface area contributed by atoms with E-state index in [-0.39, 0.29) is 29.7 Å². The summed E-state index contributed by atoms with van der Waals surface area (Å²) in [5.41, 5.74) is 1.42. The molecule has 4 aromatic rings. The van der Waals surface area contributed by atoms with Gasteiger partial charge in [0.1, 0.15) is 17.4 Å². The van der Waals surface area contributed by atoms with Crippen molar-refractivity contribution in [2.45, 2.75) is 69.7 Å². The first kappa shape index (κ1) is 31.4. The quantitative estimate of drug-likeness (QED) is 0.151. The molecule has 2 heterocycles. The van der Waals surface area contributed by atoms with Gasteiger partial charge in [-0.15, -0.1) is 0 Å². The Morgan fingerprint density at radius 3 is 2.37 bits per heavy atom. The van der Waals surface area contributed by atoms with Crippen molar-refractivity contribution in [2.75, 3.05) is 18.0 Å². The van der Waals surface area contributed by atoms with Gasteiger partial charge in [0, 0.05) is 50.1 Å². The molecule has 6 rings (SSSR count). The molecule has 2 fully saturated rings. The molecule has 1 amide bonds. The Morgan fingerprint density at radius 1 is 0.957 bits per heavy atom. The highest BCUT2D eigenvalue weighted by Crippen LogP contribution is 2.32. The van der Waals surface area contributed by atoms with Gasteiger partial charge >= 0.3 is 12.1 Å². The van der Waals surface area contributed by atoms with Crippen LogP contribution in [0.15, 0.2) is 59.0 Å². The Hall–Kier alpha value is -4.59. The van der Waals surface area contributed by atoms with Crippen molar-refractivity contribution in [3.8, 4) is 5.75 Å². The number of piperidine rings is 1. The number of nitrogens with zero attached hydrogens (tertiary/aromatic N) is 2. The van der Waals surface area contributed by atoms with E-state index in [4.69, 9.17) is 9.15 Å². The van der Waals surface area contributed by atoms with Gasteiger partial charge in [-0.05, 0) is 92.6 Å². The van der Waals surface area contributed by atoms with E-state index in [1.54, 1.807) is 18.2 Å². The summed E-state index contributed by atoms with van der Waals surface area (Å²) in [6, 6.07) is 18.0. The van der Waals surface area contributed by atoms with Crippen LogP contribution in [0.5, 0.6) is 5.75 Å². The molecule has 0 atom stereocenters. The second kappa shape index (κ2) is 13.4.